The second-order valence-corrected chi connectivity index (χ2v) is 9.13. The number of hydrogen-bond donors (Lipinski definition) is 0. The number of rotatable bonds is 4. The number of ether oxygens (including phenoxy) is 2. The first-order valence-electron chi connectivity index (χ1n) is 10.3. The van der Waals surface area contributed by atoms with Crippen LogP contribution in [0.1, 0.15) is 43.3 Å². The van der Waals surface area contributed by atoms with Gasteiger partial charge in [-0.3, -0.25) is 9.20 Å². The van der Waals surface area contributed by atoms with E-state index in [0.29, 0.717) is 24.1 Å². The maximum atomic E-state index is 13.3. The lowest BCUT2D eigenvalue weighted by atomic mass is 9.54. The first kappa shape index (κ1) is 17.3. The first-order valence-corrected chi connectivity index (χ1v) is 10.3. The molecular formula is C23H25N3O3. The Bertz CT molecular complexity index is 1190. The van der Waals surface area contributed by atoms with Gasteiger partial charge in [-0.15, -0.1) is 0 Å². The van der Waals surface area contributed by atoms with Gasteiger partial charge in [-0.25, -0.2) is 4.98 Å². The third-order valence-electron chi connectivity index (χ3n) is 7.58. The van der Waals surface area contributed by atoms with Crippen molar-refractivity contribution in [2.75, 3.05) is 7.11 Å². The van der Waals surface area contributed by atoms with E-state index in [2.05, 4.69) is 13.1 Å². The van der Waals surface area contributed by atoms with E-state index in [4.69, 9.17) is 14.5 Å². The number of fused-ring (bicyclic) bond motifs is 1. The minimum atomic E-state index is -0.0152. The molecule has 3 heterocycles. The van der Waals surface area contributed by atoms with E-state index in [1.807, 2.05) is 40.2 Å². The van der Waals surface area contributed by atoms with Crippen LogP contribution in [0.5, 0.6) is 5.75 Å². The summed E-state index contributed by atoms with van der Waals surface area (Å²) in [6.45, 7) is 4.82. The molecular weight excluding hydrogens is 366 g/mol. The standard InChI is InChI=1S/C23H25N3O3/c1-14-11-26-17(20(27)25(14)12-15-4-6-16(28-3)7-5-15)10-24-21(26)22(2)13-23-18(22)8-9-19(23)29-23/h4-7,10-11,18-19H,8-9,12-13H2,1-3H3. The summed E-state index contributed by atoms with van der Waals surface area (Å²) in [6.07, 6.45) is 7.66. The Kier molecular flexibility index (Phi) is 3.28. The topological polar surface area (TPSA) is 61.1 Å². The SMILES string of the molecule is COc1ccc(Cn2c(C)cn3c(C4(C)CC56OC5CCC46)ncc3c2=O)cc1. The lowest BCUT2D eigenvalue weighted by Crippen LogP contribution is -2.55. The molecule has 6 rings (SSSR count). The van der Waals surface area contributed by atoms with Crippen molar-refractivity contribution in [2.45, 2.75) is 56.8 Å². The smallest absolute Gasteiger partial charge is 0.276 e. The summed E-state index contributed by atoms with van der Waals surface area (Å²) in [5.41, 5.74) is 2.76. The molecule has 3 fully saturated rings. The van der Waals surface area contributed by atoms with Gasteiger partial charge in [0.05, 0.1) is 31.6 Å². The second kappa shape index (κ2) is 5.51. The van der Waals surface area contributed by atoms with Crippen LogP contribution in [-0.4, -0.2) is 32.8 Å². The monoisotopic (exact) mass is 391 g/mol. The second-order valence-electron chi connectivity index (χ2n) is 9.13. The van der Waals surface area contributed by atoms with Gasteiger partial charge in [-0.05, 0) is 43.9 Å². The Morgan fingerprint density at radius 1 is 1.28 bits per heavy atom. The highest BCUT2D eigenvalue weighted by molar-refractivity contribution is 5.48. The molecule has 2 aromatic heterocycles. The number of aromatic nitrogens is 3. The Balaban J connectivity index is 1.39. The molecule has 0 radical (unpaired) electrons. The van der Waals surface area contributed by atoms with Gasteiger partial charge in [-0.1, -0.05) is 19.1 Å². The Hall–Kier alpha value is -2.60. The van der Waals surface area contributed by atoms with Crippen molar-refractivity contribution in [3.63, 3.8) is 0 Å². The van der Waals surface area contributed by atoms with Crippen LogP contribution >= 0.6 is 0 Å². The normalized spacial score (nSPS) is 32.0. The molecule has 0 bridgehead atoms. The predicted molar refractivity (Wildman–Crippen MR) is 109 cm³/mol. The van der Waals surface area contributed by atoms with Crippen LogP contribution in [-0.2, 0) is 16.7 Å². The number of methoxy groups -OCH3 is 1. The number of hydrogen-bond acceptors (Lipinski definition) is 4. The van der Waals surface area contributed by atoms with E-state index in [0.717, 1.165) is 35.7 Å². The molecule has 0 amide bonds. The zero-order valence-electron chi connectivity index (χ0n) is 17.0. The van der Waals surface area contributed by atoms with Crippen molar-refractivity contribution in [2.24, 2.45) is 5.92 Å². The van der Waals surface area contributed by atoms with E-state index < -0.39 is 0 Å². The van der Waals surface area contributed by atoms with Crippen molar-refractivity contribution in [1.29, 1.82) is 0 Å². The van der Waals surface area contributed by atoms with Crippen LogP contribution in [0.15, 0.2) is 41.5 Å². The molecule has 1 aliphatic heterocycles. The summed E-state index contributed by atoms with van der Waals surface area (Å²) in [5.74, 6) is 2.35. The van der Waals surface area contributed by atoms with E-state index in [-0.39, 0.29) is 16.6 Å². The fraction of sp³-hybridized carbons (Fsp3) is 0.478. The minimum absolute atomic E-state index is 0.00387. The van der Waals surface area contributed by atoms with Gasteiger partial charge < -0.3 is 14.0 Å². The molecule has 3 aliphatic rings. The molecule has 0 N–H and O–H groups in total. The van der Waals surface area contributed by atoms with Gasteiger partial charge in [0, 0.05) is 23.2 Å². The first-order chi connectivity index (χ1) is 14.0. The third kappa shape index (κ3) is 2.15. The molecule has 2 saturated carbocycles. The van der Waals surface area contributed by atoms with Crippen LogP contribution in [0, 0.1) is 12.8 Å². The van der Waals surface area contributed by atoms with Crippen LogP contribution in [0.4, 0.5) is 0 Å². The van der Waals surface area contributed by atoms with Crippen LogP contribution in [0.2, 0.25) is 0 Å². The zero-order valence-corrected chi connectivity index (χ0v) is 17.0. The molecule has 6 nitrogen and oxygen atoms in total. The van der Waals surface area contributed by atoms with Crippen molar-refractivity contribution < 1.29 is 9.47 Å². The molecule has 29 heavy (non-hydrogen) atoms. The predicted octanol–water partition coefficient (Wildman–Crippen LogP) is 3.07. The third-order valence-corrected chi connectivity index (χ3v) is 7.58. The molecule has 4 unspecified atom stereocenters. The zero-order chi connectivity index (χ0) is 20.0. The minimum Gasteiger partial charge on any atom is -0.497 e. The summed E-state index contributed by atoms with van der Waals surface area (Å²) in [5, 5.41) is 0. The fourth-order valence-corrected chi connectivity index (χ4v) is 6.08. The van der Waals surface area contributed by atoms with Crippen molar-refractivity contribution in [1.82, 2.24) is 14.0 Å². The quantitative estimate of drug-likeness (QED) is 0.642. The highest BCUT2D eigenvalue weighted by Crippen LogP contribution is 2.72. The van der Waals surface area contributed by atoms with Gasteiger partial charge in [-0.2, -0.15) is 0 Å². The summed E-state index contributed by atoms with van der Waals surface area (Å²) in [7, 11) is 1.65. The lowest BCUT2D eigenvalue weighted by molar-refractivity contribution is -0.00227. The summed E-state index contributed by atoms with van der Waals surface area (Å²) < 4.78 is 15.1. The number of aryl methyl sites for hydroxylation is 1. The summed E-state index contributed by atoms with van der Waals surface area (Å²) in [6, 6.07) is 7.84. The van der Waals surface area contributed by atoms with E-state index in [9.17, 15) is 4.79 Å². The average molecular weight is 391 g/mol. The van der Waals surface area contributed by atoms with Gasteiger partial charge in [0.25, 0.3) is 5.56 Å². The lowest BCUT2D eigenvalue weighted by Gasteiger charge is -2.49. The molecule has 3 aromatic rings. The maximum absolute atomic E-state index is 13.3. The summed E-state index contributed by atoms with van der Waals surface area (Å²) >= 11 is 0. The average Bonchev–Trinajstić information content (AvgIpc) is 3.11. The van der Waals surface area contributed by atoms with Gasteiger partial charge in [0.2, 0.25) is 0 Å². The summed E-state index contributed by atoms with van der Waals surface area (Å²) in [4.78, 5) is 18.0. The highest BCUT2D eigenvalue weighted by atomic mass is 16.6. The fourth-order valence-electron chi connectivity index (χ4n) is 6.08. The van der Waals surface area contributed by atoms with Crippen LogP contribution in [0.3, 0.4) is 0 Å². The molecule has 1 aromatic carbocycles. The Morgan fingerprint density at radius 3 is 2.76 bits per heavy atom. The number of nitrogens with zero attached hydrogens (tertiary/aromatic N) is 3. The maximum Gasteiger partial charge on any atom is 0.276 e. The van der Waals surface area contributed by atoms with E-state index in [1.54, 1.807) is 13.3 Å². The number of benzene rings is 1. The molecule has 1 saturated heterocycles. The van der Waals surface area contributed by atoms with Crippen LogP contribution in [0.25, 0.3) is 5.52 Å². The molecule has 2 aliphatic carbocycles. The number of epoxide rings is 1. The van der Waals surface area contributed by atoms with Gasteiger partial charge in [0.1, 0.15) is 17.1 Å². The highest BCUT2D eigenvalue weighted by Gasteiger charge is 2.78. The van der Waals surface area contributed by atoms with Crippen LogP contribution < -0.4 is 10.3 Å². The van der Waals surface area contributed by atoms with Gasteiger partial charge >= 0.3 is 0 Å². The van der Waals surface area contributed by atoms with E-state index in [1.165, 1.54) is 6.42 Å². The Labute approximate surface area is 169 Å². The van der Waals surface area contributed by atoms with Crippen molar-refractivity contribution in [3.05, 3.63) is 64.1 Å². The largest absolute Gasteiger partial charge is 0.497 e. The molecule has 1 spiro atoms. The molecule has 4 atom stereocenters. The molecule has 150 valence electrons. The van der Waals surface area contributed by atoms with E-state index >= 15 is 0 Å². The van der Waals surface area contributed by atoms with Gasteiger partial charge in [0.15, 0.2) is 0 Å². The van der Waals surface area contributed by atoms with Crippen molar-refractivity contribution >= 4 is 5.52 Å². The number of imidazole rings is 1. The molecule has 6 heteroatoms. The van der Waals surface area contributed by atoms with Crippen molar-refractivity contribution in [3.8, 4) is 5.75 Å². The Morgan fingerprint density at radius 2 is 2.07 bits per heavy atom.